The van der Waals surface area contributed by atoms with E-state index in [1.165, 1.54) is 5.56 Å². The smallest absolute Gasteiger partial charge is 0.0420 e. The van der Waals surface area contributed by atoms with E-state index in [1.807, 2.05) is 18.3 Å². The van der Waals surface area contributed by atoms with Gasteiger partial charge in [-0.05, 0) is 56.9 Å². The van der Waals surface area contributed by atoms with Gasteiger partial charge in [-0.1, -0.05) is 0 Å². The third-order valence-electron chi connectivity index (χ3n) is 2.54. The van der Waals surface area contributed by atoms with Gasteiger partial charge in [0.1, 0.15) is 0 Å². The molecule has 17 heavy (non-hydrogen) atoms. The highest BCUT2D eigenvalue weighted by Gasteiger charge is 2.09. The Bertz CT molecular complexity index is 441. The summed E-state index contributed by atoms with van der Waals surface area (Å²) in [6.45, 7) is 0. The molecule has 1 unspecified atom stereocenters. The van der Waals surface area contributed by atoms with Crippen LogP contribution in [0.3, 0.4) is 0 Å². The first-order chi connectivity index (χ1) is 8.28. The number of rotatable bonds is 5. The van der Waals surface area contributed by atoms with Crippen molar-refractivity contribution in [3.05, 3.63) is 50.9 Å². The molecule has 0 fully saturated rings. The first kappa shape index (κ1) is 12.7. The van der Waals surface area contributed by atoms with E-state index in [0.29, 0.717) is 0 Å². The van der Waals surface area contributed by atoms with Crippen molar-refractivity contribution in [2.45, 2.75) is 18.9 Å². The Morgan fingerprint density at radius 1 is 1.35 bits per heavy atom. The van der Waals surface area contributed by atoms with Crippen LogP contribution in [-0.4, -0.2) is 11.0 Å². The highest BCUT2D eigenvalue weighted by molar-refractivity contribution is 9.10. The van der Waals surface area contributed by atoms with Gasteiger partial charge in [-0.2, -0.15) is 11.3 Å². The summed E-state index contributed by atoms with van der Waals surface area (Å²) in [4.78, 5) is 4.36. The Labute approximate surface area is 113 Å². The zero-order valence-electron chi connectivity index (χ0n) is 9.27. The summed E-state index contributed by atoms with van der Waals surface area (Å²) in [5.74, 6) is 5.58. The summed E-state index contributed by atoms with van der Waals surface area (Å²) in [5.41, 5.74) is 5.22. The minimum atomic E-state index is 0.221. The monoisotopic (exact) mass is 311 g/mol. The Kier molecular flexibility index (Phi) is 4.67. The van der Waals surface area contributed by atoms with Gasteiger partial charge in [0.25, 0.3) is 0 Å². The van der Waals surface area contributed by atoms with Crippen molar-refractivity contribution in [1.82, 2.24) is 10.4 Å². The first-order valence-electron chi connectivity index (χ1n) is 5.35. The first-order valence-corrected chi connectivity index (χ1v) is 7.09. The summed E-state index contributed by atoms with van der Waals surface area (Å²) in [5, 5.41) is 4.24. The van der Waals surface area contributed by atoms with Gasteiger partial charge >= 0.3 is 0 Å². The molecule has 0 aliphatic carbocycles. The molecule has 2 heterocycles. The minimum absolute atomic E-state index is 0.221. The predicted molar refractivity (Wildman–Crippen MR) is 74.8 cm³/mol. The second kappa shape index (κ2) is 6.26. The van der Waals surface area contributed by atoms with Crippen LogP contribution >= 0.6 is 27.3 Å². The fraction of sp³-hybridized carbons (Fsp3) is 0.250. The fourth-order valence-electron chi connectivity index (χ4n) is 1.66. The van der Waals surface area contributed by atoms with Gasteiger partial charge in [-0.15, -0.1) is 0 Å². The van der Waals surface area contributed by atoms with Crippen molar-refractivity contribution in [3.63, 3.8) is 0 Å². The standard InChI is InChI=1S/C12H14BrN3S/c13-10-1-2-11(15-7-10)6-12(16-14)5-9-3-4-17-8-9/h1-4,7-8,12,16H,5-6,14H2. The molecular formula is C12H14BrN3S. The third-order valence-corrected chi connectivity index (χ3v) is 3.74. The quantitative estimate of drug-likeness (QED) is 0.659. The summed E-state index contributed by atoms with van der Waals surface area (Å²) < 4.78 is 0.997. The molecule has 0 spiro atoms. The lowest BCUT2D eigenvalue weighted by Gasteiger charge is -2.14. The van der Waals surface area contributed by atoms with Crippen LogP contribution in [0.25, 0.3) is 0 Å². The van der Waals surface area contributed by atoms with E-state index in [9.17, 15) is 0 Å². The lowest BCUT2D eigenvalue weighted by Crippen LogP contribution is -2.38. The number of aromatic nitrogens is 1. The molecule has 2 aromatic rings. The molecule has 1 atom stereocenters. The van der Waals surface area contributed by atoms with Crippen LogP contribution in [0.15, 0.2) is 39.6 Å². The minimum Gasteiger partial charge on any atom is -0.271 e. The van der Waals surface area contributed by atoms with Gasteiger partial charge in [-0.25, -0.2) is 0 Å². The zero-order chi connectivity index (χ0) is 12.1. The van der Waals surface area contributed by atoms with E-state index < -0.39 is 0 Å². The second-order valence-corrected chi connectivity index (χ2v) is 5.57. The molecule has 0 saturated heterocycles. The molecule has 0 aromatic carbocycles. The van der Waals surface area contributed by atoms with Crippen LogP contribution in [0.4, 0.5) is 0 Å². The van der Waals surface area contributed by atoms with E-state index >= 15 is 0 Å². The van der Waals surface area contributed by atoms with Crippen molar-refractivity contribution in [1.29, 1.82) is 0 Å². The predicted octanol–water partition coefficient (Wildman–Crippen LogP) is 2.52. The van der Waals surface area contributed by atoms with Gasteiger partial charge in [-0.3, -0.25) is 16.3 Å². The van der Waals surface area contributed by atoms with Crippen LogP contribution in [0.2, 0.25) is 0 Å². The number of hydrogen-bond donors (Lipinski definition) is 2. The molecule has 0 radical (unpaired) electrons. The maximum absolute atomic E-state index is 5.58. The number of hydrogen-bond acceptors (Lipinski definition) is 4. The van der Waals surface area contributed by atoms with Crippen LogP contribution in [0, 0.1) is 0 Å². The molecule has 2 rings (SSSR count). The molecule has 0 saturated carbocycles. The van der Waals surface area contributed by atoms with Crippen molar-refractivity contribution in [2.75, 3.05) is 0 Å². The van der Waals surface area contributed by atoms with E-state index in [-0.39, 0.29) is 6.04 Å². The largest absolute Gasteiger partial charge is 0.271 e. The van der Waals surface area contributed by atoms with E-state index in [0.717, 1.165) is 23.0 Å². The number of hydrazine groups is 1. The molecule has 5 heteroatoms. The SMILES string of the molecule is NNC(Cc1ccsc1)Cc1ccc(Br)cn1. The van der Waals surface area contributed by atoms with E-state index in [4.69, 9.17) is 5.84 Å². The topological polar surface area (TPSA) is 50.9 Å². The summed E-state index contributed by atoms with van der Waals surface area (Å²) in [7, 11) is 0. The van der Waals surface area contributed by atoms with Gasteiger partial charge in [0, 0.05) is 28.8 Å². The molecule has 0 aliphatic heterocycles. The molecule has 2 aromatic heterocycles. The Morgan fingerprint density at radius 3 is 2.82 bits per heavy atom. The van der Waals surface area contributed by atoms with Gasteiger partial charge in [0.2, 0.25) is 0 Å². The number of pyridine rings is 1. The molecule has 3 nitrogen and oxygen atoms in total. The van der Waals surface area contributed by atoms with Crippen LogP contribution < -0.4 is 11.3 Å². The number of halogens is 1. The Hall–Kier alpha value is -0.750. The van der Waals surface area contributed by atoms with Crippen molar-refractivity contribution in [2.24, 2.45) is 5.84 Å². The molecule has 90 valence electrons. The van der Waals surface area contributed by atoms with Gasteiger partial charge in [0.15, 0.2) is 0 Å². The second-order valence-electron chi connectivity index (χ2n) is 3.87. The van der Waals surface area contributed by atoms with Gasteiger partial charge in [0.05, 0.1) is 0 Å². The van der Waals surface area contributed by atoms with Crippen LogP contribution in [0.5, 0.6) is 0 Å². The van der Waals surface area contributed by atoms with E-state index in [2.05, 4.69) is 43.2 Å². The average molecular weight is 312 g/mol. The highest BCUT2D eigenvalue weighted by Crippen LogP contribution is 2.12. The zero-order valence-corrected chi connectivity index (χ0v) is 11.7. The maximum atomic E-state index is 5.58. The van der Waals surface area contributed by atoms with Crippen molar-refractivity contribution in [3.8, 4) is 0 Å². The number of nitrogens with one attached hydrogen (secondary N) is 1. The fourth-order valence-corrected chi connectivity index (χ4v) is 2.58. The number of nitrogens with zero attached hydrogens (tertiary/aromatic N) is 1. The average Bonchev–Trinajstić information content (AvgIpc) is 2.84. The molecular weight excluding hydrogens is 298 g/mol. The van der Waals surface area contributed by atoms with E-state index in [1.54, 1.807) is 11.3 Å². The lowest BCUT2D eigenvalue weighted by molar-refractivity contribution is 0.518. The number of nitrogens with two attached hydrogens (primary N) is 1. The Morgan fingerprint density at radius 2 is 2.24 bits per heavy atom. The normalized spacial score (nSPS) is 12.6. The lowest BCUT2D eigenvalue weighted by atomic mass is 10.0. The van der Waals surface area contributed by atoms with Crippen molar-refractivity contribution >= 4 is 27.3 Å². The van der Waals surface area contributed by atoms with Gasteiger partial charge < -0.3 is 0 Å². The molecule has 0 bridgehead atoms. The highest BCUT2D eigenvalue weighted by atomic mass is 79.9. The third kappa shape index (κ3) is 3.89. The molecule has 0 amide bonds. The summed E-state index contributed by atoms with van der Waals surface area (Å²) in [6.07, 6.45) is 3.57. The van der Waals surface area contributed by atoms with Crippen LogP contribution in [0.1, 0.15) is 11.3 Å². The van der Waals surface area contributed by atoms with Crippen LogP contribution in [-0.2, 0) is 12.8 Å². The summed E-state index contributed by atoms with van der Waals surface area (Å²) in [6, 6.07) is 6.37. The van der Waals surface area contributed by atoms with Crippen molar-refractivity contribution < 1.29 is 0 Å². The summed E-state index contributed by atoms with van der Waals surface area (Å²) >= 11 is 5.09. The molecule has 0 aliphatic rings. The number of thiophene rings is 1. The Balaban J connectivity index is 1.97. The maximum Gasteiger partial charge on any atom is 0.0420 e. The molecule has 3 N–H and O–H groups in total.